The molecule has 2 heterocycles. The molecular formula is C22H22N4O3S2. The number of anilines is 1. The molecule has 1 fully saturated rings. The first-order valence-electron chi connectivity index (χ1n) is 9.94. The summed E-state index contributed by atoms with van der Waals surface area (Å²) >= 11 is 1.21. The molecule has 1 amide bonds. The highest BCUT2D eigenvalue weighted by atomic mass is 32.2. The van der Waals surface area contributed by atoms with Crippen molar-refractivity contribution in [1.29, 1.82) is 0 Å². The highest BCUT2D eigenvalue weighted by Gasteiger charge is 2.32. The van der Waals surface area contributed by atoms with E-state index < -0.39 is 10.0 Å². The monoisotopic (exact) mass is 454 g/mol. The summed E-state index contributed by atoms with van der Waals surface area (Å²) in [5.41, 5.74) is 2.14. The lowest BCUT2D eigenvalue weighted by Gasteiger charge is -2.30. The molecule has 0 radical (unpaired) electrons. The molecule has 1 aliphatic heterocycles. The summed E-state index contributed by atoms with van der Waals surface area (Å²) < 4.78 is 27.0. The van der Waals surface area contributed by atoms with Crippen LogP contribution >= 0.6 is 11.3 Å². The molecule has 0 aliphatic carbocycles. The zero-order chi connectivity index (χ0) is 21.7. The van der Waals surface area contributed by atoms with E-state index in [1.807, 2.05) is 30.3 Å². The summed E-state index contributed by atoms with van der Waals surface area (Å²) in [6.07, 6.45) is 1.000. The Kier molecular flexibility index (Phi) is 6.55. The molecule has 4 rings (SSSR count). The van der Waals surface area contributed by atoms with Gasteiger partial charge in [0, 0.05) is 24.7 Å². The van der Waals surface area contributed by atoms with Crippen molar-refractivity contribution in [1.82, 2.24) is 4.31 Å². The number of nitrogens with one attached hydrogen (secondary N) is 1. The number of nitrogens with zero attached hydrogens (tertiary/aromatic N) is 3. The number of piperidine rings is 1. The Labute approximate surface area is 185 Å². The van der Waals surface area contributed by atoms with Gasteiger partial charge in [-0.25, -0.2) is 8.42 Å². The fraction of sp³-hybridized carbons (Fsp3) is 0.227. The largest absolute Gasteiger partial charge is 0.326 e. The van der Waals surface area contributed by atoms with Crippen LogP contribution in [0.1, 0.15) is 12.8 Å². The molecule has 0 atom stereocenters. The Morgan fingerprint density at radius 2 is 1.55 bits per heavy atom. The van der Waals surface area contributed by atoms with Gasteiger partial charge in [-0.15, -0.1) is 11.3 Å². The van der Waals surface area contributed by atoms with E-state index in [2.05, 4.69) is 15.5 Å². The fourth-order valence-electron chi connectivity index (χ4n) is 3.36. The number of carbonyl (C=O) groups is 1. The molecule has 0 unspecified atom stereocenters. The predicted molar refractivity (Wildman–Crippen MR) is 121 cm³/mol. The van der Waals surface area contributed by atoms with E-state index in [-0.39, 0.29) is 11.8 Å². The third kappa shape index (κ3) is 5.25. The minimum absolute atomic E-state index is 0.0909. The Balaban J connectivity index is 1.30. The SMILES string of the molecule is O=C(Nc1ccc(N=Nc2ccccc2)cc1)C1CCN(S(=O)(=O)c2cccs2)CC1. The van der Waals surface area contributed by atoms with Crippen molar-refractivity contribution >= 4 is 44.3 Å². The third-order valence-electron chi connectivity index (χ3n) is 5.09. The summed E-state index contributed by atoms with van der Waals surface area (Å²) in [6, 6.07) is 19.9. The van der Waals surface area contributed by atoms with Crippen molar-refractivity contribution in [3.05, 3.63) is 72.1 Å². The number of hydrogen-bond donors (Lipinski definition) is 1. The van der Waals surface area contributed by atoms with Crippen molar-refractivity contribution < 1.29 is 13.2 Å². The summed E-state index contributed by atoms with van der Waals surface area (Å²) in [6.45, 7) is 0.689. The van der Waals surface area contributed by atoms with Gasteiger partial charge in [-0.1, -0.05) is 24.3 Å². The summed E-state index contributed by atoms with van der Waals surface area (Å²) in [5.74, 6) is -0.306. The summed E-state index contributed by atoms with van der Waals surface area (Å²) in [5, 5.41) is 13.0. The highest BCUT2D eigenvalue weighted by Crippen LogP contribution is 2.27. The Morgan fingerprint density at radius 1 is 0.903 bits per heavy atom. The molecule has 1 aromatic heterocycles. The highest BCUT2D eigenvalue weighted by molar-refractivity contribution is 7.91. The molecule has 1 saturated heterocycles. The number of thiophene rings is 1. The van der Waals surface area contributed by atoms with Crippen LogP contribution in [0.2, 0.25) is 0 Å². The standard InChI is InChI=1S/C22H22N4O3S2/c27-22(17-12-14-26(15-13-17)31(28,29)21-7-4-16-30-21)23-18-8-10-20(11-9-18)25-24-19-5-2-1-3-6-19/h1-11,16-17H,12-15H2,(H,23,27). The minimum atomic E-state index is -3.46. The van der Waals surface area contributed by atoms with Gasteiger partial charge in [-0.3, -0.25) is 4.79 Å². The molecule has 160 valence electrons. The van der Waals surface area contributed by atoms with Crippen molar-refractivity contribution in [3.8, 4) is 0 Å². The molecular weight excluding hydrogens is 432 g/mol. The van der Waals surface area contributed by atoms with Gasteiger partial charge in [0.15, 0.2) is 0 Å². The van der Waals surface area contributed by atoms with Crippen LogP contribution < -0.4 is 5.32 Å². The second-order valence-corrected chi connectivity index (χ2v) is 10.3. The van der Waals surface area contributed by atoms with Crippen LogP contribution in [0.3, 0.4) is 0 Å². The lowest BCUT2D eigenvalue weighted by molar-refractivity contribution is -0.120. The molecule has 2 aromatic carbocycles. The van der Waals surface area contributed by atoms with Gasteiger partial charge in [-0.05, 0) is 60.7 Å². The number of sulfonamides is 1. The van der Waals surface area contributed by atoms with Crippen LogP contribution in [0.25, 0.3) is 0 Å². The lowest BCUT2D eigenvalue weighted by atomic mass is 9.97. The molecule has 0 bridgehead atoms. The van der Waals surface area contributed by atoms with Crippen LogP contribution in [-0.2, 0) is 14.8 Å². The third-order valence-corrected chi connectivity index (χ3v) is 8.36. The minimum Gasteiger partial charge on any atom is -0.326 e. The summed E-state index contributed by atoms with van der Waals surface area (Å²) in [7, 11) is -3.46. The first kappa shape index (κ1) is 21.4. The maximum absolute atomic E-state index is 12.6. The molecule has 1 aliphatic rings. The molecule has 0 spiro atoms. The van der Waals surface area contributed by atoms with Gasteiger partial charge in [0.05, 0.1) is 11.4 Å². The van der Waals surface area contributed by atoms with E-state index in [1.165, 1.54) is 15.6 Å². The predicted octanol–water partition coefficient (Wildman–Crippen LogP) is 5.20. The van der Waals surface area contributed by atoms with E-state index in [0.29, 0.717) is 41.5 Å². The quantitative estimate of drug-likeness (QED) is 0.519. The van der Waals surface area contributed by atoms with Gasteiger partial charge in [0.2, 0.25) is 5.91 Å². The average Bonchev–Trinajstić information content (AvgIpc) is 3.35. The van der Waals surface area contributed by atoms with Crippen LogP contribution in [0, 0.1) is 5.92 Å². The molecule has 0 saturated carbocycles. The zero-order valence-electron chi connectivity index (χ0n) is 16.7. The topological polar surface area (TPSA) is 91.2 Å². The van der Waals surface area contributed by atoms with Gasteiger partial charge in [0.1, 0.15) is 4.21 Å². The molecule has 1 N–H and O–H groups in total. The van der Waals surface area contributed by atoms with Crippen molar-refractivity contribution in [2.24, 2.45) is 16.1 Å². The Bertz CT molecular complexity index is 1140. The van der Waals surface area contributed by atoms with Crippen LogP contribution in [0.5, 0.6) is 0 Å². The van der Waals surface area contributed by atoms with Gasteiger partial charge in [-0.2, -0.15) is 14.5 Å². The van der Waals surface area contributed by atoms with Gasteiger partial charge in [0.25, 0.3) is 10.0 Å². The van der Waals surface area contributed by atoms with E-state index in [1.54, 1.807) is 41.8 Å². The Hall–Kier alpha value is -2.88. The summed E-state index contributed by atoms with van der Waals surface area (Å²) in [4.78, 5) is 12.6. The number of rotatable bonds is 6. The fourth-order valence-corrected chi connectivity index (χ4v) is 5.98. The Morgan fingerprint density at radius 3 is 2.16 bits per heavy atom. The van der Waals surface area contributed by atoms with Crippen LogP contribution in [0.4, 0.5) is 17.1 Å². The first-order chi connectivity index (χ1) is 15.0. The maximum atomic E-state index is 12.6. The smallest absolute Gasteiger partial charge is 0.252 e. The number of amides is 1. The second kappa shape index (κ2) is 9.51. The molecule has 3 aromatic rings. The normalized spacial score (nSPS) is 15.9. The van der Waals surface area contributed by atoms with Crippen molar-refractivity contribution in [3.63, 3.8) is 0 Å². The second-order valence-electron chi connectivity index (χ2n) is 7.18. The van der Waals surface area contributed by atoms with Crippen molar-refractivity contribution in [2.45, 2.75) is 17.1 Å². The number of carbonyl (C=O) groups excluding carboxylic acids is 1. The van der Waals surface area contributed by atoms with E-state index in [0.717, 1.165) is 5.69 Å². The molecule has 9 heteroatoms. The number of azo groups is 1. The lowest BCUT2D eigenvalue weighted by Crippen LogP contribution is -2.41. The van der Waals surface area contributed by atoms with Crippen molar-refractivity contribution in [2.75, 3.05) is 18.4 Å². The molecule has 31 heavy (non-hydrogen) atoms. The average molecular weight is 455 g/mol. The zero-order valence-corrected chi connectivity index (χ0v) is 18.3. The maximum Gasteiger partial charge on any atom is 0.252 e. The first-order valence-corrected chi connectivity index (χ1v) is 12.3. The number of benzene rings is 2. The van der Waals surface area contributed by atoms with Crippen LogP contribution in [0.15, 0.2) is 86.5 Å². The van der Waals surface area contributed by atoms with Gasteiger partial charge < -0.3 is 5.32 Å². The van der Waals surface area contributed by atoms with E-state index in [9.17, 15) is 13.2 Å². The van der Waals surface area contributed by atoms with E-state index >= 15 is 0 Å². The van der Waals surface area contributed by atoms with Gasteiger partial charge >= 0.3 is 0 Å². The molecule has 7 nitrogen and oxygen atoms in total. The van der Waals surface area contributed by atoms with E-state index in [4.69, 9.17) is 0 Å². The number of hydrogen-bond acceptors (Lipinski definition) is 6. The van der Waals surface area contributed by atoms with Crippen LogP contribution in [-0.4, -0.2) is 31.7 Å².